The van der Waals surface area contributed by atoms with E-state index in [-0.39, 0.29) is 17.9 Å². The van der Waals surface area contributed by atoms with Crippen LogP contribution in [0, 0.1) is 0 Å². The summed E-state index contributed by atoms with van der Waals surface area (Å²) in [7, 11) is 0. The van der Waals surface area contributed by atoms with Gasteiger partial charge in [0.25, 0.3) is 5.56 Å². The molecule has 3 aromatic heterocycles. The number of hydrogen-bond donors (Lipinski definition) is 2. The lowest BCUT2D eigenvalue weighted by Crippen LogP contribution is -2.28. The molecule has 3 aromatic rings. The van der Waals surface area contributed by atoms with Gasteiger partial charge in [-0.15, -0.1) is 11.3 Å². The molecule has 3 heterocycles. The van der Waals surface area contributed by atoms with Gasteiger partial charge in [0.15, 0.2) is 5.84 Å². The Kier molecular flexibility index (Phi) is 2.99. The van der Waals surface area contributed by atoms with Crippen LogP contribution in [0.5, 0.6) is 0 Å². The first-order chi connectivity index (χ1) is 9.69. The zero-order chi connectivity index (χ0) is 14.1. The fraction of sp³-hybridized carbons (Fsp3) is 0.0833. The van der Waals surface area contributed by atoms with Crippen LogP contribution in [0.2, 0.25) is 0 Å². The number of oxime groups is 1. The molecule has 0 aromatic carbocycles. The molecule has 0 fully saturated rings. The van der Waals surface area contributed by atoms with Crippen LogP contribution in [0.25, 0.3) is 16.1 Å². The maximum absolute atomic E-state index is 12.3. The van der Waals surface area contributed by atoms with Crippen molar-refractivity contribution in [1.29, 1.82) is 0 Å². The molecule has 3 rings (SSSR count). The van der Waals surface area contributed by atoms with Crippen molar-refractivity contribution in [2.75, 3.05) is 0 Å². The first-order valence-electron chi connectivity index (χ1n) is 5.78. The fourth-order valence-electron chi connectivity index (χ4n) is 1.90. The van der Waals surface area contributed by atoms with E-state index >= 15 is 0 Å². The molecule has 0 radical (unpaired) electrons. The summed E-state index contributed by atoms with van der Waals surface area (Å²) in [6.07, 6.45) is 3.22. The highest BCUT2D eigenvalue weighted by atomic mass is 32.1. The van der Waals surface area contributed by atoms with Gasteiger partial charge in [0.05, 0.1) is 11.4 Å². The van der Waals surface area contributed by atoms with Crippen molar-refractivity contribution in [2.24, 2.45) is 10.9 Å². The van der Waals surface area contributed by atoms with Crippen LogP contribution in [0.3, 0.4) is 0 Å². The first-order valence-corrected chi connectivity index (χ1v) is 6.66. The number of thiophene rings is 1. The van der Waals surface area contributed by atoms with Gasteiger partial charge in [0.2, 0.25) is 0 Å². The second kappa shape index (κ2) is 4.82. The van der Waals surface area contributed by atoms with Crippen molar-refractivity contribution in [3.63, 3.8) is 0 Å². The van der Waals surface area contributed by atoms with E-state index in [2.05, 4.69) is 10.3 Å². The van der Waals surface area contributed by atoms with Gasteiger partial charge in [-0.25, -0.2) is 4.52 Å². The minimum Gasteiger partial charge on any atom is -0.409 e. The lowest BCUT2D eigenvalue weighted by molar-refractivity contribution is 0.316. The highest BCUT2D eigenvalue weighted by Crippen LogP contribution is 2.23. The van der Waals surface area contributed by atoms with E-state index in [4.69, 9.17) is 10.9 Å². The van der Waals surface area contributed by atoms with Crippen molar-refractivity contribution < 1.29 is 5.21 Å². The quantitative estimate of drug-likeness (QED) is 0.325. The van der Waals surface area contributed by atoms with Crippen molar-refractivity contribution in [2.45, 2.75) is 6.54 Å². The number of hydrogen-bond acceptors (Lipinski definition) is 5. The third-order valence-corrected chi connectivity index (χ3v) is 3.73. The lowest BCUT2D eigenvalue weighted by atomic mass is 10.3. The van der Waals surface area contributed by atoms with Crippen molar-refractivity contribution >= 4 is 22.7 Å². The molecular weight excluding hydrogens is 278 g/mol. The van der Waals surface area contributed by atoms with Gasteiger partial charge in [-0.05, 0) is 17.5 Å². The minimum absolute atomic E-state index is 0.0329. The first kappa shape index (κ1) is 12.4. The van der Waals surface area contributed by atoms with E-state index < -0.39 is 0 Å². The summed E-state index contributed by atoms with van der Waals surface area (Å²) in [5.74, 6) is -0.0329. The topological polar surface area (TPSA) is 97.9 Å². The molecule has 7 nitrogen and oxygen atoms in total. The molecule has 0 aliphatic heterocycles. The Hall–Kier alpha value is -2.61. The van der Waals surface area contributed by atoms with Gasteiger partial charge in [-0.3, -0.25) is 4.79 Å². The third-order valence-electron chi connectivity index (χ3n) is 2.84. The predicted octanol–water partition coefficient (Wildman–Crippen LogP) is 0.971. The number of aromatic nitrogens is 3. The Balaban J connectivity index is 2.11. The van der Waals surface area contributed by atoms with Crippen LogP contribution >= 0.6 is 11.3 Å². The Morgan fingerprint density at radius 2 is 2.35 bits per heavy atom. The molecule has 20 heavy (non-hydrogen) atoms. The van der Waals surface area contributed by atoms with Gasteiger partial charge >= 0.3 is 0 Å². The molecule has 0 saturated heterocycles. The monoisotopic (exact) mass is 289 g/mol. The minimum atomic E-state index is -0.241. The smallest absolute Gasteiger partial charge is 0.277 e. The van der Waals surface area contributed by atoms with E-state index in [1.807, 2.05) is 17.5 Å². The number of nitrogens with zero attached hydrogens (tertiary/aromatic N) is 4. The average Bonchev–Trinajstić information content (AvgIpc) is 3.09. The Labute approximate surface area is 117 Å². The van der Waals surface area contributed by atoms with Crippen LogP contribution in [-0.4, -0.2) is 25.2 Å². The number of rotatable bonds is 3. The Morgan fingerprint density at radius 3 is 3.05 bits per heavy atom. The SMILES string of the molecule is N/C(Cn1ccn2nc(-c3cccs3)cc2c1=O)=N/O. The summed E-state index contributed by atoms with van der Waals surface area (Å²) in [6.45, 7) is 0.0331. The zero-order valence-electron chi connectivity index (χ0n) is 10.3. The zero-order valence-corrected chi connectivity index (χ0v) is 11.1. The molecule has 3 N–H and O–H groups in total. The van der Waals surface area contributed by atoms with Gasteiger partial charge in [0.1, 0.15) is 11.2 Å². The van der Waals surface area contributed by atoms with Crippen LogP contribution in [-0.2, 0) is 6.54 Å². The van der Waals surface area contributed by atoms with Crippen LogP contribution in [0.15, 0.2) is 45.9 Å². The molecule has 102 valence electrons. The largest absolute Gasteiger partial charge is 0.409 e. The molecular formula is C12H11N5O2S. The highest BCUT2D eigenvalue weighted by Gasteiger charge is 2.10. The molecule has 8 heteroatoms. The number of nitrogens with two attached hydrogens (primary N) is 1. The van der Waals surface area contributed by atoms with Gasteiger partial charge < -0.3 is 15.5 Å². The normalized spacial score (nSPS) is 12.1. The molecule has 0 saturated carbocycles. The summed E-state index contributed by atoms with van der Waals surface area (Å²) in [5, 5.41) is 17.7. The molecule has 0 aliphatic rings. The second-order valence-electron chi connectivity index (χ2n) is 4.16. The summed E-state index contributed by atoms with van der Waals surface area (Å²) < 4.78 is 2.89. The number of amidine groups is 1. The van der Waals surface area contributed by atoms with Gasteiger partial charge in [-0.1, -0.05) is 11.2 Å². The van der Waals surface area contributed by atoms with E-state index in [9.17, 15) is 4.79 Å². The summed E-state index contributed by atoms with van der Waals surface area (Å²) in [5.41, 5.74) is 6.37. The predicted molar refractivity (Wildman–Crippen MR) is 76.2 cm³/mol. The highest BCUT2D eigenvalue weighted by molar-refractivity contribution is 7.13. The summed E-state index contributed by atoms with van der Waals surface area (Å²) in [6, 6.07) is 5.61. The van der Waals surface area contributed by atoms with Crippen LogP contribution in [0.1, 0.15) is 0 Å². The lowest BCUT2D eigenvalue weighted by Gasteiger charge is -2.03. The maximum Gasteiger partial charge on any atom is 0.277 e. The van der Waals surface area contributed by atoms with Crippen molar-refractivity contribution in [3.05, 3.63) is 46.3 Å². The van der Waals surface area contributed by atoms with E-state index in [1.54, 1.807) is 29.8 Å². The summed E-state index contributed by atoms with van der Waals surface area (Å²) >= 11 is 1.56. The molecule has 0 spiro atoms. The summed E-state index contributed by atoms with van der Waals surface area (Å²) in [4.78, 5) is 13.3. The molecule has 0 bridgehead atoms. The fourth-order valence-corrected chi connectivity index (χ4v) is 2.58. The van der Waals surface area contributed by atoms with Gasteiger partial charge in [0, 0.05) is 12.4 Å². The molecule has 0 unspecified atom stereocenters. The Morgan fingerprint density at radius 1 is 1.50 bits per heavy atom. The third kappa shape index (κ3) is 2.05. The molecule has 0 amide bonds. The molecule has 0 aliphatic carbocycles. The second-order valence-corrected chi connectivity index (χ2v) is 5.11. The van der Waals surface area contributed by atoms with Gasteiger partial charge in [-0.2, -0.15) is 5.10 Å². The average molecular weight is 289 g/mol. The number of fused-ring (bicyclic) bond motifs is 1. The van der Waals surface area contributed by atoms with E-state index in [0.29, 0.717) is 5.52 Å². The maximum atomic E-state index is 12.3. The van der Waals surface area contributed by atoms with E-state index in [1.165, 1.54) is 9.08 Å². The molecule has 0 atom stereocenters. The van der Waals surface area contributed by atoms with Crippen molar-refractivity contribution in [1.82, 2.24) is 14.2 Å². The Bertz CT molecular complexity index is 831. The van der Waals surface area contributed by atoms with E-state index in [0.717, 1.165) is 10.6 Å². The van der Waals surface area contributed by atoms with Crippen molar-refractivity contribution in [3.8, 4) is 10.6 Å². The van der Waals surface area contributed by atoms with Crippen LogP contribution in [0.4, 0.5) is 0 Å². The standard InChI is InChI=1S/C12H11N5O2S/c13-11(15-19)7-16-3-4-17-9(12(16)18)6-8(14-17)10-2-1-5-20-10/h1-6,19H,7H2,(H2,13,15). The van der Waals surface area contributed by atoms with Crippen LogP contribution < -0.4 is 11.3 Å².